The van der Waals surface area contributed by atoms with E-state index in [2.05, 4.69) is 30.6 Å². The molecule has 1 aromatic carbocycles. The van der Waals surface area contributed by atoms with E-state index in [1.54, 1.807) is 18.2 Å². The Morgan fingerprint density at radius 2 is 1.87 bits per heavy atom. The minimum absolute atomic E-state index is 0. The number of carbonyl (C=O) groups is 1. The van der Waals surface area contributed by atoms with Gasteiger partial charge >= 0.3 is 0 Å². The van der Waals surface area contributed by atoms with Crippen molar-refractivity contribution in [2.45, 2.75) is 0 Å². The molecule has 156 valence electrons. The molecule has 0 saturated carbocycles. The summed E-state index contributed by atoms with van der Waals surface area (Å²) in [4.78, 5) is 20.6. The van der Waals surface area contributed by atoms with Crippen LogP contribution in [0.1, 0.15) is 10.4 Å². The number of carbonyl (C=O) groups excluding carboxylic acids is 1. The minimum Gasteiger partial charge on any atom is -0.494 e. The molecule has 9 nitrogen and oxygen atoms in total. The highest BCUT2D eigenvalue weighted by Crippen LogP contribution is 2.41. The van der Waals surface area contributed by atoms with E-state index >= 15 is 0 Å². The van der Waals surface area contributed by atoms with Gasteiger partial charge in [-0.3, -0.25) is 9.78 Å². The Bertz CT molecular complexity index is 1200. The first-order valence-electron chi connectivity index (χ1n) is 7.86. The summed E-state index contributed by atoms with van der Waals surface area (Å²) in [6.07, 6.45) is 2.96. The van der Waals surface area contributed by atoms with Crippen molar-refractivity contribution < 1.29 is 9.53 Å². The van der Waals surface area contributed by atoms with Crippen molar-refractivity contribution in [3.63, 3.8) is 0 Å². The van der Waals surface area contributed by atoms with Crippen molar-refractivity contribution in [1.29, 1.82) is 0 Å². The molecule has 30 heavy (non-hydrogen) atoms. The Hall–Kier alpha value is -2.72. The third-order valence-electron chi connectivity index (χ3n) is 4.11. The number of tetrazole rings is 1. The zero-order valence-corrected chi connectivity index (χ0v) is 18.2. The summed E-state index contributed by atoms with van der Waals surface area (Å²) in [6.45, 7) is 0. The van der Waals surface area contributed by atoms with Crippen LogP contribution in [0.5, 0.6) is 5.75 Å². The quantitative estimate of drug-likeness (QED) is 0.447. The number of aromatic amines is 1. The fourth-order valence-corrected chi connectivity index (χ4v) is 3.47. The number of aromatic nitrogens is 6. The average Bonchev–Trinajstić information content (AvgIpc) is 3.21. The van der Waals surface area contributed by atoms with Crippen LogP contribution in [0.15, 0.2) is 30.6 Å². The standard InChI is InChI=1S/C17H11Cl2N7O2.2ClH/c1-28-12-3-2-7(13-10(18)5-21-6-11(13)19)8-4-9(16(20)27)15(22-14(8)12)17-23-25-26-24-17;;/h2-6H,1H3,(H2,20,27)(H,23,24,25,26);2*1H. The Morgan fingerprint density at radius 3 is 2.43 bits per heavy atom. The number of fused-ring (bicyclic) bond motifs is 1. The molecule has 4 rings (SSSR count). The van der Waals surface area contributed by atoms with Crippen LogP contribution in [0, 0.1) is 0 Å². The lowest BCUT2D eigenvalue weighted by atomic mass is 9.98. The maximum atomic E-state index is 12.1. The van der Waals surface area contributed by atoms with E-state index in [1.807, 2.05) is 0 Å². The maximum absolute atomic E-state index is 12.1. The Morgan fingerprint density at radius 1 is 1.17 bits per heavy atom. The molecule has 0 bridgehead atoms. The first kappa shape index (κ1) is 23.6. The van der Waals surface area contributed by atoms with Gasteiger partial charge in [0.25, 0.3) is 5.91 Å². The molecule has 0 radical (unpaired) electrons. The molecule has 0 aliphatic carbocycles. The summed E-state index contributed by atoms with van der Waals surface area (Å²) >= 11 is 12.7. The zero-order valence-electron chi connectivity index (χ0n) is 15.1. The number of H-pyrrole nitrogens is 1. The zero-order chi connectivity index (χ0) is 19.8. The van der Waals surface area contributed by atoms with E-state index in [1.165, 1.54) is 19.5 Å². The molecule has 3 aromatic heterocycles. The number of nitrogens with one attached hydrogen (secondary N) is 1. The van der Waals surface area contributed by atoms with Crippen LogP contribution in [0.25, 0.3) is 33.5 Å². The lowest BCUT2D eigenvalue weighted by molar-refractivity contribution is 0.100. The SMILES string of the molecule is COc1ccc(-c2c(Cl)cncc2Cl)c2cc(C(N)=O)c(-c3nn[nH]n3)nc12.Cl.Cl. The number of amides is 1. The van der Waals surface area contributed by atoms with Crippen LogP contribution in [0.4, 0.5) is 0 Å². The molecule has 0 aliphatic rings. The van der Waals surface area contributed by atoms with Gasteiger partial charge in [-0.2, -0.15) is 5.21 Å². The predicted octanol–water partition coefficient (Wildman–Crippen LogP) is 3.73. The van der Waals surface area contributed by atoms with Crippen LogP contribution in [0.3, 0.4) is 0 Å². The van der Waals surface area contributed by atoms with Crippen molar-refractivity contribution >= 4 is 64.8 Å². The van der Waals surface area contributed by atoms with E-state index in [9.17, 15) is 4.79 Å². The predicted molar refractivity (Wildman–Crippen MR) is 118 cm³/mol. The number of halogens is 4. The summed E-state index contributed by atoms with van der Waals surface area (Å²) < 4.78 is 5.43. The van der Waals surface area contributed by atoms with Crippen LogP contribution < -0.4 is 10.5 Å². The molecule has 0 unspecified atom stereocenters. The number of benzene rings is 1. The highest BCUT2D eigenvalue weighted by atomic mass is 35.5. The van der Waals surface area contributed by atoms with Gasteiger partial charge in [0, 0.05) is 23.3 Å². The Labute approximate surface area is 192 Å². The van der Waals surface area contributed by atoms with Gasteiger partial charge in [-0.1, -0.05) is 23.2 Å². The number of pyridine rings is 2. The van der Waals surface area contributed by atoms with Gasteiger partial charge in [0.1, 0.15) is 17.0 Å². The van der Waals surface area contributed by atoms with Gasteiger partial charge in [-0.25, -0.2) is 4.98 Å². The number of primary amides is 1. The van der Waals surface area contributed by atoms with Crippen molar-refractivity contribution in [2.75, 3.05) is 7.11 Å². The van der Waals surface area contributed by atoms with Crippen molar-refractivity contribution in [3.05, 3.63) is 46.2 Å². The summed E-state index contributed by atoms with van der Waals surface area (Å²) in [5.41, 5.74) is 7.51. The van der Waals surface area contributed by atoms with E-state index < -0.39 is 5.91 Å². The van der Waals surface area contributed by atoms with Crippen LogP contribution in [0.2, 0.25) is 10.0 Å². The normalized spacial score (nSPS) is 10.2. The molecule has 4 aromatic rings. The molecular formula is C17H13Cl4N7O2. The molecule has 0 saturated heterocycles. The second kappa shape index (κ2) is 9.40. The second-order valence-corrected chi connectivity index (χ2v) is 6.49. The number of hydrogen-bond donors (Lipinski definition) is 2. The number of ether oxygens (including phenoxy) is 1. The summed E-state index contributed by atoms with van der Waals surface area (Å²) in [5, 5.41) is 14.9. The molecule has 3 heterocycles. The lowest BCUT2D eigenvalue weighted by Gasteiger charge is -2.14. The number of nitrogens with two attached hydrogens (primary N) is 1. The fourth-order valence-electron chi connectivity index (χ4n) is 2.91. The van der Waals surface area contributed by atoms with Crippen LogP contribution in [-0.4, -0.2) is 43.6 Å². The largest absolute Gasteiger partial charge is 0.494 e. The molecule has 1 amide bonds. The number of nitrogens with zero attached hydrogens (tertiary/aromatic N) is 5. The molecule has 0 fully saturated rings. The number of hydrogen-bond acceptors (Lipinski definition) is 7. The molecule has 0 spiro atoms. The molecule has 3 N–H and O–H groups in total. The summed E-state index contributed by atoms with van der Waals surface area (Å²) in [7, 11) is 1.51. The molecule has 13 heteroatoms. The van der Waals surface area contributed by atoms with Crippen molar-refractivity contribution in [1.82, 2.24) is 30.6 Å². The van der Waals surface area contributed by atoms with E-state index in [4.69, 9.17) is 33.7 Å². The molecule has 0 aliphatic heterocycles. The minimum atomic E-state index is -0.699. The Balaban J connectivity index is 0.00000160. The summed E-state index contributed by atoms with van der Waals surface area (Å²) in [6, 6.07) is 5.08. The topological polar surface area (TPSA) is 133 Å². The maximum Gasteiger partial charge on any atom is 0.251 e. The fraction of sp³-hybridized carbons (Fsp3) is 0.0588. The van der Waals surface area contributed by atoms with Crippen molar-refractivity contribution in [3.8, 4) is 28.4 Å². The van der Waals surface area contributed by atoms with Gasteiger partial charge in [-0.05, 0) is 29.0 Å². The van der Waals surface area contributed by atoms with Gasteiger partial charge in [-0.15, -0.1) is 35.0 Å². The van der Waals surface area contributed by atoms with Crippen molar-refractivity contribution in [2.24, 2.45) is 5.73 Å². The number of rotatable bonds is 4. The average molecular weight is 489 g/mol. The van der Waals surface area contributed by atoms with Crippen LogP contribution in [-0.2, 0) is 0 Å². The van der Waals surface area contributed by atoms with Gasteiger partial charge < -0.3 is 10.5 Å². The monoisotopic (exact) mass is 487 g/mol. The highest BCUT2D eigenvalue weighted by Gasteiger charge is 2.22. The highest BCUT2D eigenvalue weighted by molar-refractivity contribution is 6.39. The smallest absolute Gasteiger partial charge is 0.251 e. The third-order valence-corrected chi connectivity index (χ3v) is 4.69. The first-order chi connectivity index (χ1) is 13.5. The first-order valence-corrected chi connectivity index (χ1v) is 8.61. The van der Waals surface area contributed by atoms with Gasteiger partial charge in [0.15, 0.2) is 0 Å². The van der Waals surface area contributed by atoms with E-state index in [0.29, 0.717) is 37.8 Å². The van der Waals surface area contributed by atoms with Crippen LogP contribution >= 0.6 is 48.0 Å². The Kier molecular flexibility index (Phi) is 7.38. The lowest BCUT2D eigenvalue weighted by Crippen LogP contribution is -2.14. The third kappa shape index (κ3) is 3.97. The number of methoxy groups -OCH3 is 1. The molecule has 0 atom stereocenters. The summed E-state index contributed by atoms with van der Waals surface area (Å²) in [5.74, 6) is -0.0983. The van der Waals surface area contributed by atoms with Gasteiger partial charge in [0.2, 0.25) is 5.82 Å². The van der Waals surface area contributed by atoms with Gasteiger partial charge in [0.05, 0.1) is 22.7 Å². The molecular weight excluding hydrogens is 476 g/mol. The van der Waals surface area contributed by atoms with E-state index in [-0.39, 0.29) is 41.9 Å². The second-order valence-electron chi connectivity index (χ2n) is 5.67. The van der Waals surface area contributed by atoms with E-state index in [0.717, 1.165) is 0 Å².